The Morgan fingerprint density at radius 3 is 2.50 bits per heavy atom. The van der Waals surface area contributed by atoms with Crippen molar-refractivity contribution >= 4 is 0 Å². The molecule has 0 saturated heterocycles. The van der Waals surface area contributed by atoms with Gasteiger partial charge in [0.2, 0.25) is 0 Å². The van der Waals surface area contributed by atoms with E-state index in [0.717, 1.165) is 37.7 Å². The highest BCUT2D eigenvalue weighted by Gasteiger charge is 2.31. The van der Waals surface area contributed by atoms with E-state index in [0.29, 0.717) is 6.61 Å². The third kappa shape index (κ3) is 7.43. The lowest BCUT2D eigenvalue weighted by Crippen LogP contribution is -2.44. The van der Waals surface area contributed by atoms with Crippen LogP contribution in [0.2, 0.25) is 0 Å². The minimum absolute atomic E-state index is 0.216. The zero-order valence-electron chi connectivity index (χ0n) is 12.3. The summed E-state index contributed by atoms with van der Waals surface area (Å²) in [6.45, 7) is 12.9. The average Bonchev–Trinajstić information content (AvgIpc) is 2.22. The Labute approximate surface area is 111 Å². The molecular formula is C14H28N2O2. The molecule has 18 heavy (non-hydrogen) atoms. The Bertz CT molecular complexity index is 277. The Morgan fingerprint density at radius 1 is 1.44 bits per heavy atom. The van der Waals surface area contributed by atoms with Crippen molar-refractivity contribution < 1.29 is 4.84 Å². The molecule has 1 atom stereocenters. The Morgan fingerprint density at radius 2 is 2.06 bits per heavy atom. The van der Waals surface area contributed by atoms with E-state index in [1.807, 2.05) is 6.92 Å². The van der Waals surface area contributed by atoms with Gasteiger partial charge >= 0.3 is 0 Å². The largest absolute Gasteiger partial charge is 0.364 e. The smallest absolute Gasteiger partial charge is 0.155 e. The summed E-state index contributed by atoms with van der Waals surface area (Å²) in [6, 6.07) is 0. The van der Waals surface area contributed by atoms with E-state index in [1.165, 1.54) is 0 Å². The van der Waals surface area contributed by atoms with E-state index in [1.54, 1.807) is 0 Å². The number of rotatable bonds is 10. The van der Waals surface area contributed by atoms with Crippen LogP contribution < -0.4 is 5.73 Å². The molecule has 0 aromatic carbocycles. The van der Waals surface area contributed by atoms with Crippen LogP contribution in [0.3, 0.4) is 0 Å². The van der Waals surface area contributed by atoms with Crippen LogP contribution in [-0.2, 0) is 4.84 Å². The van der Waals surface area contributed by atoms with Crippen molar-refractivity contribution in [2.24, 2.45) is 16.5 Å². The number of nitrogens with two attached hydrogens (primary N) is 1. The second kappa shape index (κ2) is 7.52. The zero-order chi connectivity index (χ0) is 14.2. The van der Waals surface area contributed by atoms with Crippen LogP contribution in [0, 0.1) is 10.3 Å². The van der Waals surface area contributed by atoms with Crippen molar-refractivity contribution in [1.29, 1.82) is 0 Å². The lowest BCUT2D eigenvalue weighted by atomic mass is 9.73. The molecule has 0 aromatic rings. The van der Waals surface area contributed by atoms with Crippen molar-refractivity contribution in [2.75, 3.05) is 6.61 Å². The fraction of sp³-hybridized carbons (Fsp3) is 0.857. The Kier molecular flexibility index (Phi) is 7.14. The quantitative estimate of drug-likeness (QED) is 0.278. The van der Waals surface area contributed by atoms with Gasteiger partial charge in [0.15, 0.2) is 5.34 Å². The van der Waals surface area contributed by atoms with Gasteiger partial charge in [-0.2, -0.15) is 0 Å². The molecule has 1 unspecified atom stereocenters. The van der Waals surface area contributed by atoms with Crippen molar-refractivity contribution in [3.8, 4) is 0 Å². The second-order valence-electron chi connectivity index (χ2n) is 6.20. The maximum atomic E-state index is 9.86. The Hall–Kier alpha value is -0.900. The molecule has 0 heterocycles. The van der Waals surface area contributed by atoms with Crippen molar-refractivity contribution in [1.82, 2.24) is 0 Å². The standard InChI is InChI=1S/C14H28N2O2/c1-6-13(4,5)11-14(15,10-12(2)3)8-7-9-18-16-17/h2,6-11,15H2,1,3-5H3. The first-order valence-corrected chi connectivity index (χ1v) is 6.62. The van der Waals surface area contributed by atoms with E-state index < -0.39 is 0 Å². The molecule has 0 fully saturated rings. The SMILES string of the molecule is C=C(C)CC(N)(CCCON=O)CC(C)(C)CC. The fourth-order valence-corrected chi connectivity index (χ4v) is 2.44. The van der Waals surface area contributed by atoms with Crippen LogP contribution >= 0.6 is 0 Å². The average molecular weight is 256 g/mol. The second-order valence-corrected chi connectivity index (χ2v) is 6.20. The summed E-state index contributed by atoms with van der Waals surface area (Å²) in [6.07, 6.45) is 4.41. The molecule has 0 rings (SSSR count). The first-order chi connectivity index (χ1) is 8.24. The van der Waals surface area contributed by atoms with Crippen LogP contribution in [0.5, 0.6) is 0 Å². The third-order valence-corrected chi connectivity index (χ3v) is 3.40. The van der Waals surface area contributed by atoms with Crippen molar-refractivity contribution in [3.63, 3.8) is 0 Å². The molecule has 0 saturated carbocycles. The highest BCUT2D eigenvalue weighted by atomic mass is 16.7. The van der Waals surface area contributed by atoms with Crippen LogP contribution in [0.1, 0.15) is 59.8 Å². The molecule has 0 aliphatic rings. The van der Waals surface area contributed by atoms with Gasteiger partial charge in [0.05, 0.1) is 0 Å². The summed E-state index contributed by atoms with van der Waals surface area (Å²) < 4.78 is 0. The minimum Gasteiger partial charge on any atom is -0.364 e. The lowest BCUT2D eigenvalue weighted by molar-refractivity contribution is 0.122. The van der Waals surface area contributed by atoms with Gasteiger partial charge in [0, 0.05) is 5.54 Å². The molecule has 0 aromatic heterocycles. The molecule has 0 amide bonds. The first-order valence-electron chi connectivity index (χ1n) is 6.62. The number of hydrogen-bond acceptors (Lipinski definition) is 4. The lowest BCUT2D eigenvalue weighted by Gasteiger charge is -2.37. The predicted octanol–water partition coefficient (Wildman–Crippen LogP) is 3.95. The van der Waals surface area contributed by atoms with Crippen LogP contribution in [-0.4, -0.2) is 12.1 Å². The van der Waals surface area contributed by atoms with E-state index in [4.69, 9.17) is 5.73 Å². The molecule has 106 valence electrons. The number of nitrogens with zero attached hydrogens (tertiary/aromatic N) is 1. The maximum absolute atomic E-state index is 9.86. The molecule has 4 nitrogen and oxygen atoms in total. The van der Waals surface area contributed by atoms with Crippen LogP contribution in [0.4, 0.5) is 0 Å². The summed E-state index contributed by atoms with van der Waals surface area (Å²) in [4.78, 5) is 14.3. The monoisotopic (exact) mass is 256 g/mol. The summed E-state index contributed by atoms with van der Waals surface area (Å²) in [5.74, 6) is 0. The van der Waals surface area contributed by atoms with Gasteiger partial charge in [-0.3, -0.25) is 0 Å². The minimum atomic E-state index is -0.266. The summed E-state index contributed by atoms with van der Waals surface area (Å²) in [7, 11) is 0. The Balaban J connectivity index is 4.51. The fourth-order valence-electron chi connectivity index (χ4n) is 2.44. The highest BCUT2D eigenvalue weighted by Crippen LogP contribution is 2.35. The summed E-state index contributed by atoms with van der Waals surface area (Å²) in [5, 5.41) is 2.40. The highest BCUT2D eigenvalue weighted by molar-refractivity contribution is 5.02. The topological polar surface area (TPSA) is 64.7 Å². The van der Waals surface area contributed by atoms with Gasteiger partial charge in [0.25, 0.3) is 0 Å². The van der Waals surface area contributed by atoms with Gasteiger partial charge in [-0.15, -0.1) is 11.5 Å². The summed E-state index contributed by atoms with van der Waals surface area (Å²) in [5.41, 5.74) is 7.56. The van der Waals surface area contributed by atoms with Crippen LogP contribution in [0.25, 0.3) is 0 Å². The first kappa shape index (κ1) is 17.1. The summed E-state index contributed by atoms with van der Waals surface area (Å²) >= 11 is 0. The van der Waals surface area contributed by atoms with E-state index in [-0.39, 0.29) is 11.0 Å². The van der Waals surface area contributed by atoms with Gasteiger partial charge < -0.3 is 10.6 Å². The van der Waals surface area contributed by atoms with E-state index >= 15 is 0 Å². The number of hydrogen-bond donors (Lipinski definition) is 1. The van der Waals surface area contributed by atoms with E-state index in [2.05, 4.69) is 37.5 Å². The van der Waals surface area contributed by atoms with Crippen LogP contribution in [0.15, 0.2) is 17.5 Å². The predicted molar refractivity (Wildman–Crippen MR) is 76.0 cm³/mol. The van der Waals surface area contributed by atoms with Gasteiger partial charge in [-0.1, -0.05) is 32.8 Å². The van der Waals surface area contributed by atoms with Crippen molar-refractivity contribution in [3.05, 3.63) is 17.1 Å². The molecule has 2 N–H and O–H groups in total. The zero-order valence-corrected chi connectivity index (χ0v) is 12.3. The molecular weight excluding hydrogens is 228 g/mol. The van der Waals surface area contributed by atoms with Gasteiger partial charge in [-0.25, -0.2) is 0 Å². The molecule has 0 aliphatic heterocycles. The molecule has 4 heteroatoms. The van der Waals surface area contributed by atoms with E-state index in [9.17, 15) is 4.91 Å². The molecule has 0 aliphatic carbocycles. The third-order valence-electron chi connectivity index (χ3n) is 3.40. The molecule has 0 bridgehead atoms. The van der Waals surface area contributed by atoms with Crippen molar-refractivity contribution in [2.45, 2.75) is 65.3 Å². The van der Waals surface area contributed by atoms with Gasteiger partial charge in [0.1, 0.15) is 6.61 Å². The maximum Gasteiger partial charge on any atom is 0.155 e. The molecule has 0 radical (unpaired) electrons. The molecule has 0 spiro atoms. The normalized spacial score (nSPS) is 14.9. The van der Waals surface area contributed by atoms with Gasteiger partial charge in [-0.05, 0) is 38.0 Å².